The summed E-state index contributed by atoms with van der Waals surface area (Å²) in [5.74, 6) is 1.64. The van der Waals surface area contributed by atoms with Gasteiger partial charge in [0.25, 0.3) is 0 Å². The third-order valence-corrected chi connectivity index (χ3v) is 8.58. The molecule has 0 radical (unpaired) electrons. The van der Waals surface area contributed by atoms with E-state index in [1.807, 2.05) is 50.2 Å². The third kappa shape index (κ3) is 11.6. The number of rotatable bonds is 17. The van der Waals surface area contributed by atoms with Crippen molar-refractivity contribution >= 4 is 11.5 Å². The maximum absolute atomic E-state index is 7.54. The van der Waals surface area contributed by atoms with Crippen molar-refractivity contribution < 1.29 is 9.47 Å². The Bertz CT molecular complexity index is 1670. The smallest absolute Gasteiger partial charge is 0.122 e. The molecule has 0 atom stereocenters. The third-order valence-electron chi connectivity index (χ3n) is 8.58. The number of nitrogens with one attached hydrogen (secondary N) is 3. The molecule has 0 unspecified atom stereocenters. The zero-order chi connectivity index (χ0) is 34.7. The first kappa shape index (κ1) is 36.2. The molecule has 4 aromatic rings. The molecular formula is C41H53N5O2. The van der Waals surface area contributed by atoms with Crippen LogP contribution in [0.2, 0.25) is 0 Å². The van der Waals surface area contributed by atoms with Gasteiger partial charge in [0.2, 0.25) is 0 Å². The summed E-state index contributed by atoms with van der Waals surface area (Å²) in [5.41, 5.74) is 20.0. The number of nitrogen functional groups attached to an aromatic ring is 1. The van der Waals surface area contributed by atoms with Gasteiger partial charge in [-0.15, -0.1) is 0 Å². The fourth-order valence-corrected chi connectivity index (χ4v) is 5.23. The minimum atomic E-state index is -0.0310. The number of ether oxygens (including phenoxy) is 2. The molecule has 254 valence electrons. The van der Waals surface area contributed by atoms with Crippen LogP contribution < -0.4 is 31.6 Å². The number of hydrogen-bond donors (Lipinski definition) is 5. The number of allylic oxidation sites excluding steroid dienone is 1. The molecular weight excluding hydrogens is 594 g/mol. The van der Waals surface area contributed by atoms with Gasteiger partial charge in [-0.25, -0.2) is 0 Å². The van der Waals surface area contributed by atoms with Crippen LogP contribution in [0.15, 0.2) is 103 Å². The van der Waals surface area contributed by atoms with Gasteiger partial charge in [0.15, 0.2) is 0 Å². The highest BCUT2D eigenvalue weighted by Crippen LogP contribution is 2.22. The Labute approximate surface area is 287 Å². The second kappa shape index (κ2) is 16.5. The largest absolute Gasteiger partial charge is 0.489 e. The Morgan fingerprint density at radius 1 is 0.604 bits per heavy atom. The van der Waals surface area contributed by atoms with Crippen molar-refractivity contribution in [2.45, 2.75) is 91.8 Å². The van der Waals surface area contributed by atoms with E-state index < -0.39 is 0 Å². The molecule has 0 aromatic heterocycles. The highest BCUT2D eigenvalue weighted by atomic mass is 16.5. The summed E-state index contributed by atoms with van der Waals surface area (Å²) in [7, 11) is 0. The predicted octanol–water partition coefficient (Wildman–Crippen LogP) is 8.06. The van der Waals surface area contributed by atoms with Crippen LogP contribution in [-0.2, 0) is 26.3 Å². The second-order valence-corrected chi connectivity index (χ2v) is 14.1. The highest BCUT2D eigenvalue weighted by Gasteiger charge is 2.24. The molecule has 0 saturated heterocycles. The van der Waals surface area contributed by atoms with Crippen LogP contribution in [0.25, 0.3) is 5.70 Å². The summed E-state index contributed by atoms with van der Waals surface area (Å²) in [6.07, 6.45) is 2.05. The van der Waals surface area contributed by atoms with Gasteiger partial charge in [-0.1, -0.05) is 54.1 Å². The van der Waals surface area contributed by atoms with Gasteiger partial charge < -0.3 is 31.6 Å². The van der Waals surface area contributed by atoms with Crippen LogP contribution in [0, 0.1) is 5.41 Å². The second-order valence-electron chi connectivity index (χ2n) is 14.1. The zero-order valence-electron chi connectivity index (χ0n) is 29.5. The van der Waals surface area contributed by atoms with Gasteiger partial charge in [0.1, 0.15) is 30.5 Å². The van der Waals surface area contributed by atoms with Gasteiger partial charge >= 0.3 is 0 Å². The molecule has 0 amide bonds. The van der Waals surface area contributed by atoms with Crippen LogP contribution in [-0.4, -0.2) is 16.9 Å². The van der Waals surface area contributed by atoms with Crippen LogP contribution in [0.1, 0.15) is 87.8 Å². The molecule has 7 N–H and O–H groups in total. The Morgan fingerprint density at radius 2 is 1.00 bits per heavy atom. The van der Waals surface area contributed by atoms with Crippen molar-refractivity contribution in [1.29, 1.82) is 5.41 Å². The van der Waals surface area contributed by atoms with E-state index in [0.717, 1.165) is 65.4 Å². The van der Waals surface area contributed by atoms with Crippen LogP contribution >= 0.6 is 0 Å². The molecule has 0 aliphatic carbocycles. The van der Waals surface area contributed by atoms with Crippen molar-refractivity contribution in [3.63, 3.8) is 0 Å². The summed E-state index contributed by atoms with van der Waals surface area (Å²) in [5, 5.41) is 15.1. The van der Waals surface area contributed by atoms with Gasteiger partial charge in [-0.2, -0.15) is 0 Å². The summed E-state index contributed by atoms with van der Waals surface area (Å²) >= 11 is 0. The molecule has 0 aliphatic heterocycles. The van der Waals surface area contributed by atoms with E-state index in [1.54, 1.807) is 12.1 Å². The van der Waals surface area contributed by atoms with Gasteiger partial charge in [0.05, 0.1) is 0 Å². The molecule has 0 bridgehead atoms. The standard InChI is InChI=1S/C41H53N5O2/c1-29(2)38(42)34-13-17-36(18-14-34)47-27-32-11-7-9-30(23-32)25-45-40(3,4)21-22-41(5,6)46-26-31-10-8-12-33(24-31)28-48-37-19-15-35(16-20-37)39(43)44/h7-20,23-24,45-46H,21-22,25-28,42H2,1-6H3,(H3,43,44). The number of hydrogen-bond acceptors (Lipinski definition) is 6. The maximum Gasteiger partial charge on any atom is 0.122 e. The van der Waals surface area contributed by atoms with E-state index in [1.165, 1.54) is 11.1 Å². The van der Waals surface area contributed by atoms with Crippen molar-refractivity contribution in [3.05, 3.63) is 136 Å². The average Bonchev–Trinajstić information content (AvgIpc) is 3.08. The highest BCUT2D eigenvalue weighted by molar-refractivity contribution is 5.94. The molecule has 0 fully saturated rings. The first-order chi connectivity index (χ1) is 22.8. The molecule has 48 heavy (non-hydrogen) atoms. The molecule has 0 heterocycles. The molecule has 4 aromatic carbocycles. The molecule has 4 rings (SSSR count). The minimum absolute atomic E-state index is 0.0276. The first-order valence-electron chi connectivity index (χ1n) is 16.7. The predicted molar refractivity (Wildman–Crippen MR) is 199 cm³/mol. The fourth-order valence-electron chi connectivity index (χ4n) is 5.23. The van der Waals surface area contributed by atoms with Crippen molar-refractivity contribution in [1.82, 2.24) is 10.6 Å². The van der Waals surface area contributed by atoms with Crippen molar-refractivity contribution in [3.8, 4) is 11.5 Å². The number of nitrogens with two attached hydrogens (primary N) is 2. The Morgan fingerprint density at radius 3 is 1.40 bits per heavy atom. The van der Waals surface area contributed by atoms with E-state index in [0.29, 0.717) is 18.8 Å². The maximum atomic E-state index is 7.54. The lowest BCUT2D eigenvalue weighted by atomic mass is 9.89. The quantitative estimate of drug-likeness (QED) is 0.0585. The van der Waals surface area contributed by atoms with Crippen LogP contribution in [0.4, 0.5) is 0 Å². The van der Waals surface area contributed by atoms with Crippen molar-refractivity contribution in [2.75, 3.05) is 0 Å². The lowest BCUT2D eigenvalue weighted by molar-refractivity contribution is 0.279. The molecule has 0 aliphatic rings. The Kier molecular flexibility index (Phi) is 12.5. The minimum Gasteiger partial charge on any atom is -0.489 e. The van der Waals surface area contributed by atoms with Gasteiger partial charge in [-0.05, 0) is 131 Å². The molecule has 0 spiro atoms. The molecule has 7 nitrogen and oxygen atoms in total. The van der Waals surface area contributed by atoms with Gasteiger partial charge in [0, 0.05) is 35.4 Å². The van der Waals surface area contributed by atoms with Gasteiger partial charge in [-0.3, -0.25) is 5.41 Å². The van der Waals surface area contributed by atoms with E-state index in [9.17, 15) is 0 Å². The lowest BCUT2D eigenvalue weighted by Gasteiger charge is -2.33. The Balaban J connectivity index is 1.20. The zero-order valence-corrected chi connectivity index (χ0v) is 29.5. The van der Waals surface area contributed by atoms with Crippen LogP contribution in [0.5, 0.6) is 11.5 Å². The normalized spacial score (nSPS) is 11.6. The summed E-state index contributed by atoms with van der Waals surface area (Å²) < 4.78 is 12.0. The first-order valence-corrected chi connectivity index (χ1v) is 16.7. The Hall–Kier alpha value is -4.59. The lowest BCUT2D eigenvalue weighted by Crippen LogP contribution is -2.44. The van der Waals surface area contributed by atoms with Crippen LogP contribution in [0.3, 0.4) is 0 Å². The summed E-state index contributed by atoms with van der Waals surface area (Å²) in [4.78, 5) is 0. The molecule has 7 heteroatoms. The summed E-state index contributed by atoms with van der Waals surface area (Å²) in [6, 6.07) is 32.3. The topological polar surface area (TPSA) is 118 Å². The van der Waals surface area contributed by atoms with E-state index >= 15 is 0 Å². The van der Waals surface area contributed by atoms with E-state index in [4.69, 9.17) is 26.4 Å². The van der Waals surface area contributed by atoms with Crippen molar-refractivity contribution in [2.24, 2.45) is 11.5 Å². The fraction of sp³-hybridized carbons (Fsp3) is 0.341. The average molecular weight is 648 g/mol. The SMILES string of the molecule is CC(C)=C(N)c1ccc(OCc2cccc(CNC(C)(C)CCC(C)(C)NCc3cccc(COc4ccc(C(=N)N)cc4)c3)c2)cc1. The monoisotopic (exact) mass is 647 g/mol. The molecule has 0 saturated carbocycles. The summed E-state index contributed by atoms with van der Waals surface area (Å²) in [6.45, 7) is 15.7. The van der Waals surface area contributed by atoms with E-state index in [2.05, 4.69) is 86.9 Å². The van der Waals surface area contributed by atoms with E-state index in [-0.39, 0.29) is 16.9 Å². The number of amidine groups is 1. The number of benzene rings is 4.